The Bertz CT molecular complexity index is 865. The van der Waals surface area contributed by atoms with Gasteiger partial charge in [0.15, 0.2) is 5.43 Å². The highest BCUT2D eigenvalue weighted by Crippen LogP contribution is 2.20. The van der Waals surface area contributed by atoms with Gasteiger partial charge in [0.1, 0.15) is 5.82 Å². The fourth-order valence-electron chi connectivity index (χ4n) is 2.80. The predicted molar refractivity (Wildman–Crippen MR) is 93.2 cm³/mol. The number of nitrogens with one attached hydrogen (secondary N) is 1. The summed E-state index contributed by atoms with van der Waals surface area (Å²) >= 11 is 0. The molecule has 0 spiro atoms. The lowest BCUT2D eigenvalue weighted by molar-refractivity contribution is 0.629. The summed E-state index contributed by atoms with van der Waals surface area (Å²) in [5.74, 6) is -0.396. The number of rotatable bonds is 5. The van der Waals surface area contributed by atoms with Gasteiger partial charge in [-0.3, -0.25) is 4.79 Å². The van der Waals surface area contributed by atoms with E-state index in [4.69, 9.17) is 0 Å². The lowest BCUT2D eigenvalue weighted by atomic mass is 10.0. The molecular weight excluding hydrogens is 289 g/mol. The van der Waals surface area contributed by atoms with E-state index >= 15 is 0 Å². The first-order chi connectivity index (χ1) is 11.2. The second kappa shape index (κ2) is 6.78. The number of hydrogen-bond acceptors (Lipinski definition) is 1. The number of aromatic nitrogens is 1. The molecule has 0 fully saturated rings. The van der Waals surface area contributed by atoms with Gasteiger partial charge in [0, 0.05) is 22.7 Å². The molecule has 0 amide bonds. The van der Waals surface area contributed by atoms with Gasteiger partial charge in [-0.1, -0.05) is 44.0 Å². The summed E-state index contributed by atoms with van der Waals surface area (Å²) < 4.78 is 13.3. The van der Waals surface area contributed by atoms with Crippen LogP contribution in [0.3, 0.4) is 0 Å². The van der Waals surface area contributed by atoms with Crippen molar-refractivity contribution < 1.29 is 4.39 Å². The Morgan fingerprint density at radius 2 is 1.78 bits per heavy atom. The first kappa shape index (κ1) is 15.5. The quantitative estimate of drug-likeness (QED) is 0.656. The van der Waals surface area contributed by atoms with Crippen LogP contribution in [-0.4, -0.2) is 4.98 Å². The highest BCUT2D eigenvalue weighted by molar-refractivity contribution is 5.81. The van der Waals surface area contributed by atoms with Gasteiger partial charge in [-0.05, 0) is 42.2 Å². The first-order valence-corrected chi connectivity index (χ1v) is 8.09. The lowest BCUT2D eigenvalue weighted by Gasteiger charge is -2.06. The Morgan fingerprint density at radius 1 is 1.00 bits per heavy atom. The molecule has 0 aliphatic rings. The maximum Gasteiger partial charge on any atom is 0.190 e. The summed E-state index contributed by atoms with van der Waals surface area (Å²) in [6.45, 7) is 2.20. The zero-order valence-corrected chi connectivity index (χ0v) is 13.2. The number of halogens is 1. The average molecular weight is 309 g/mol. The van der Waals surface area contributed by atoms with E-state index in [1.54, 1.807) is 6.07 Å². The van der Waals surface area contributed by atoms with E-state index in [1.807, 2.05) is 12.1 Å². The second-order valence-corrected chi connectivity index (χ2v) is 5.89. The van der Waals surface area contributed by atoms with Crippen LogP contribution >= 0.6 is 0 Å². The van der Waals surface area contributed by atoms with Crippen molar-refractivity contribution in [3.05, 3.63) is 70.1 Å². The molecule has 23 heavy (non-hydrogen) atoms. The van der Waals surface area contributed by atoms with Crippen LogP contribution in [0.4, 0.5) is 4.39 Å². The summed E-state index contributed by atoms with van der Waals surface area (Å²) in [6, 6.07) is 14.1. The normalized spacial score (nSPS) is 11.0. The minimum Gasteiger partial charge on any atom is -0.354 e. The fourth-order valence-corrected chi connectivity index (χ4v) is 2.80. The molecule has 3 rings (SSSR count). The molecule has 1 aromatic heterocycles. The predicted octanol–water partition coefficient (Wildman–Crippen LogP) is 5.07. The molecule has 1 N–H and O–H groups in total. The van der Waals surface area contributed by atoms with Crippen LogP contribution in [0.25, 0.3) is 22.2 Å². The van der Waals surface area contributed by atoms with E-state index in [-0.39, 0.29) is 5.43 Å². The molecular formula is C20H20FNO. The molecule has 0 saturated heterocycles. The van der Waals surface area contributed by atoms with E-state index in [0.717, 1.165) is 17.7 Å². The number of fused-ring (bicyclic) bond motifs is 1. The Kier molecular flexibility index (Phi) is 4.56. The van der Waals surface area contributed by atoms with E-state index in [0.29, 0.717) is 10.9 Å². The highest BCUT2D eigenvalue weighted by Gasteiger charge is 2.05. The second-order valence-electron chi connectivity index (χ2n) is 5.89. The summed E-state index contributed by atoms with van der Waals surface area (Å²) in [6.07, 6.45) is 4.75. The van der Waals surface area contributed by atoms with E-state index < -0.39 is 5.82 Å². The van der Waals surface area contributed by atoms with Crippen LogP contribution in [0.1, 0.15) is 31.7 Å². The van der Waals surface area contributed by atoms with Gasteiger partial charge in [-0.25, -0.2) is 4.39 Å². The molecule has 0 atom stereocenters. The molecule has 118 valence electrons. The van der Waals surface area contributed by atoms with Crippen LogP contribution in [0.2, 0.25) is 0 Å². The van der Waals surface area contributed by atoms with Gasteiger partial charge in [0.2, 0.25) is 0 Å². The van der Waals surface area contributed by atoms with Crippen molar-refractivity contribution in [3.8, 4) is 11.3 Å². The van der Waals surface area contributed by atoms with Gasteiger partial charge in [-0.15, -0.1) is 0 Å². The molecule has 0 aliphatic carbocycles. The molecule has 0 bridgehead atoms. The molecule has 2 nitrogen and oxygen atoms in total. The topological polar surface area (TPSA) is 32.9 Å². The summed E-state index contributed by atoms with van der Waals surface area (Å²) in [4.78, 5) is 15.4. The third kappa shape index (κ3) is 3.50. The Morgan fingerprint density at radius 3 is 2.52 bits per heavy atom. The van der Waals surface area contributed by atoms with Crippen molar-refractivity contribution in [2.24, 2.45) is 0 Å². The standard InChI is InChI=1S/C20H20FNO/c1-2-3-4-5-14-6-8-15(9-7-14)19-13-20(23)17-12-16(21)10-11-18(17)22-19/h6-13H,2-5H2,1H3,(H,22,23). The fraction of sp³-hybridized carbons (Fsp3) is 0.250. The van der Waals surface area contributed by atoms with Crippen LogP contribution in [0, 0.1) is 5.82 Å². The van der Waals surface area contributed by atoms with Crippen LogP contribution in [0.15, 0.2) is 53.3 Å². The van der Waals surface area contributed by atoms with Gasteiger partial charge in [0.25, 0.3) is 0 Å². The maximum absolute atomic E-state index is 13.3. The average Bonchev–Trinajstić information content (AvgIpc) is 2.56. The van der Waals surface area contributed by atoms with E-state index in [9.17, 15) is 9.18 Å². The third-order valence-corrected chi connectivity index (χ3v) is 4.13. The van der Waals surface area contributed by atoms with Gasteiger partial charge >= 0.3 is 0 Å². The zero-order chi connectivity index (χ0) is 16.2. The molecule has 1 heterocycles. The number of aryl methyl sites for hydroxylation is 1. The largest absolute Gasteiger partial charge is 0.354 e. The zero-order valence-electron chi connectivity index (χ0n) is 13.2. The Hall–Kier alpha value is -2.42. The monoisotopic (exact) mass is 309 g/mol. The molecule has 0 saturated carbocycles. The van der Waals surface area contributed by atoms with Crippen LogP contribution < -0.4 is 5.43 Å². The SMILES string of the molecule is CCCCCc1ccc(-c2cc(=O)c3cc(F)ccc3[nH]2)cc1. The van der Waals surface area contributed by atoms with E-state index in [1.165, 1.54) is 43.0 Å². The molecule has 3 aromatic rings. The number of benzene rings is 2. The molecule has 3 heteroatoms. The highest BCUT2D eigenvalue weighted by atomic mass is 19.1. The molecule has 0 radical (unpaired) electrons. The number of aromatic amines is 1. The van der Waals surface area contributed by atoms with Crippen molar-refractivity contribution in [1.29, 1.82) is 0 Å². The van der Waals surface area contributed by atoms with Gasteiger partial charge in [-0.2, -0.15) is 0 Å². The molecule has 2 aromatic carbocycles. The number of hydrogen-bond donors (Lipinski definition) is 1. The first-order valence-electron chi connectivity index (χ1n) is 8.09. The van der Waals surface area contributed by atoms with Crippen molar-refractivity contribution in [1.82, 2.24) is 4.98 Å². The lowest BCUT2D eigenvalue weighted by Crippen LogP contribution is -2.03. The van der Waals surface area contributed by atoms with Crippen molar-refractivity contribution in [2.45, 2.75) is 32.6 Å². The minimum atomic E-state index is -0.396. The Labute approximate surface area is 135 Å². The Balaban J connectivity index is 1.91. The van der Waals surface area contributed by atoms with Crippen molar-refractivity contribution in [3.63, 3.8) is 0 Å². The van der Waals surface area contributed by atoms with Gasteiger partial charge < -0.3 is 4.98 Å². The smallest absolute Gasteiger partial charge is 0.190 e. The third-order valence-electron chi connectivity index (χ3n) is 4.13. The van der Waals surface area contributed by atoms with Crippen molar-refractivity contribution in [2.75, 3.05) is 0 Å². The minimum absolute atomic E-state index is 0.166. The van der Waals surface area contributed by atoms with Crippen LogP contribution in [-0.2, 0) is 6.42 Å². The van der Waals surface area contributed by atoms with Crippen molar-refractivity contribution >= 4 is 10.9 Å². The summed E-state index contributed by atoms with van der Waals surface area (Å²) in [5, 5.41) is 0.380. The van der Waals surface area contributed by atoms with E-state index in [2.05, 4.69) is 24.0 Å². The number of pyridine rings is 1. The maximum atomic E-state index is 13.3. The summed E-state index contributed by atoms with van der Waals surface area (Å²) in [7, 11) is 0. The number of H-pyrrole nitrogens is 1. The molecule has 0 unspecified atom stereocenters. The summed E-state index contributed by atoms with van der Waals surface area (Å²) in [5.41, 5.74) is 3.52. The van der Waals surface area contributed by atoms with Crippen LogP contribution in [0.5, 0.6) is 0 Å². The van der Waals surface area contributed by atoms with Gasteiger partial charge in [0.05, 0.1) is 0 Å². The number of unbranched alkanes of at least 4 members (excludes halogenated alkanes) is 2. The molecule has 0 aliphatic heterocycles.